The number of nitrogens with one attached hydrogen (secondary N) is 1. The zero-order valence-electron chi connectivity index (χ0n) is 19.3. The number of amides is 1. The summed E-state index contributed by atoms with van der Waals surface area (Å²) >= 11 is 3.57. The highest BCUT2D eigenvalue weighted by atomic mass is 79.9. The highest BCUT2D eigenvalue weighted by molar-refractivity contribution is 9.10. The van der Waals surface area contributed by atoms with E-state index in [-0.39, 0.29) is 5.91 Å². The number of carbonyl (C=O) groups is 1. The summed E-state index contributed by atoms with van der Waals surface area (Å²) in [7, 11) is 1.61. The molecule has 3 aromatic carbocycles. The summed E-state index contributed by atoms with van der Waals surface area (Å²) in [4.78, 5) is 12.6. The number of fused-ring (bicyclic) bond motifs is 1. The second-order valence-electron chi connectivity index (χ2n) is 7.88. The minimum Gasteiger partial charge on any atom is -0.493 e. The molecule has 6 heteroatoms. The molecule has 0 aliphatic carbocycles. The van der Waals surface area contributed by atoms with E-state index in [1.807, 2.05) is 48.5 Å². The van der Waals surface area contributed by atoms with Gasteiger partial charge >= 0.3 is 0 Å². The standard InChI is InChI=1S/C27H31BrN2O3/c1-3-4-5-6-7-10-16-33-26-24(28)17-20(18-25(26)32-2)19-29-30-27(31)23-15-11-13-21-12-8-9-14-22(21)23/h8-9,11-15,17-19H,3-7,10,16H2,1-2H3,(H,30,31)/b29-19+. The number of hydrogen-bond donors (Lipinski definition) is 1. The van der Waals surface area contributed by atoms with E-state index in [1.165, 1.54) is 32.1 Å². The van der Waals surface area contributed by atoms with Gasteiger partial charge in [-0.05, 0) is 56.9 Å². The van der Waals surface area contributed by atoms with Crippen molar-refractivity contribution >= 4 is 38.8 Å². The number of carbonyl (C=O) groups excluding carboxylic acids is 1. The van der Waals surface area contributed by atoms with Gasteiger partial charge in [-0.1, -0.05) is 75.4 Å². The summed E-state index contributed by atoms with van der Waals surface area (Å²) < 4.78 is 12.3. The van der Waals surface area contributed by atoms with Crippen LogP contribution in [0, 0.1) is 0 Å². The molecule has 0 aliphatic rings. The van der Waals surface area contributed by atoms with Gasteiger partial charge in [0.1, 0.15) is 0 Å². The quantitative estimate of drug-likeness (QED) is 0.160. The minimum absolute atomic E-state index is 0.257. The molecule has 3 aromatic rings. The third-order valence-corrected chi connectivity index (χ3v) is 6.00. The third-order valence-electron chi connectivity index (χ3n) is 5.41. The van der Waals surface area contributed by atoms with E-state index >= 15 is 0 Å². The number of ether oxygens (including phenoxy) is 2. The Morgan fingerprint density at radius 2 is 1.79 bits per heavy atom. The van der Waals surface area contributed by atoms with Crippen LogP contribution in [0.5, 0.6) is 11.5 Å². The Bertz CT molecular complexity index is 1090. The molecule has 0 bridgehead atoms. The number of benzene rings is 3. The van der Waals surface area contributed by atoms with Gasteiger partial charge in [-0.2, -0.15) is 5.10 Å². The van der Waals surface area contributed by atoms with Gasteiger partial charge in [-0.3, -0.25) is 4.79 Å². The van der Waals surface area contributed by atoms with Gasteiger partial charge in [0, 0.05) is 5.56 Å². The maximum absolute atomic E-state index is 12.6. The van der Waals surface area contributed by atoms with E-state index in [4.69, 9.17) is 9.47 Å². The van der Waals surface area contributed by atoms with Crippen molar-refractivity contribution in [3.8, 4) is 11.5 Å². The Hall–Kier alpha value is -2.86. The van der Waals surface area contributed by atoms with Crippen LogP contribution >= 0.6 is 15.9 Å². The summed E-state index contributed by atoms with van der Waals surface area (Å²) in [5.74, 6) is 1.05. The van der Waals surface area contributed by atoms with E-state index < -0.39 is 0 Å². The van der Waals surface area contributed by atoms with E-state index in [1.54, 1.807) is 19.4 Å². The van der Waals surface area contributed by atoms with E-state index in [2.05, 4.69) is 33.4 Å². The molecule has 1 amide bonds. The lowest BCUT2D eigenvalue weighted by molar-refractivity contribution is 0.0957. The average molecular weight is 511 g/mol. The van der Waals surface area contributed by atoms with Gasteiger partial charge in [0.05, 0.1) is 24.4 Å². The zero-order valence-corrected chi connectivity index (χ0v) is 20.9. The fourth-order valence-electron chi connectivity index (χ4n) is 3.66. The van der Waals surface area contributed by atoms with Crippen LogP contribution in [0.25, 0.3) is 10.8 Å². The van der Waals surface area contributed by atoms with Gasteiger partial charge in [0.2, 0.25) is 0 Å². The van der Waals surface area contributed by atoms with Crippen LogP contribution in [-0.4, -0.2) is 25.8 Å². The number of halogens is 1. The Morgan fingerprint density at radius 3 is 2.61 bits per heavy atom. The van der Waals surface area contributed by atoms with Gasteiger partial charge in [0.15, 0.2) is 11.5 Å². The molecule has 174 valence electrons. The smallest absolute Gasteiger partial charge is 0.271 e. The van der Waals surface area contributed by atoms with Crippen LogP contribution in [0.2, 0.25) is 0 Å². The summed E-state index contributed by atoms with van der Waals surface area (Å²) in [5.41, 5.74) is 3.98. The number of rotatable bonds is 12. The van der Waals surface area contributed by atoms with Crippen molar-refractivity contribution in [2.24, 2.45) is 5.10 Å². The van der Waals surface area contributed by atoms with E-state index in [9.17, 15) is 4.79 Å². The summed E-state index contributed by atoms with van der Waals surface area (Å²) in [5, 5.41) is 6.05. The first-order valence-electron chi connectivity index (χ1n) is 11.5. The van der Waals surface area contributed by atoms with Crippen molar-refractivity contribution in [2.45, 2.75) is 45.4 Å². The predicted molar refractivity (Wildman–Crippen MR) is 139 cm³/mol. The molecule has 0 aliphatic heterocycles. The van der Waals surface area contributed by atoms with Gasteiger partial charge in [-0.15, -0.1) is 0 Å². The zero-order chi connectivity index (χ0) is 23.5. The largest absolute Gasteiger partial charge is 0.493 e. The van der Waals surface area contributed by atoms with Crippen LogP contribution in [-0.2, 0) is 0 Å². The Labute approximate surface area is 204 Å². The summed E-state index contributed by atoms with van der Waals surface area (Å²) in [6.45, 7) is 2.87. The van der Waals surface area contributed by atoms with Crippen LogP contribution in [0.1, 0.15) is 61.4 Å². The second kappa shape index (κ2) is 13.0. The van der Waals surface area contributed by atoms with Gasteiger partial charge < -0.3 is 9.47 Å². The van der Waals surface area contributed by atoms with Gasteiger partial charge in [0.25, 0.3) is 5.91 Å². The molecule has 5 nitrogen and oxygen atoms in total. The lowest BCUT2D eigenvalue weighted by atomic mass is 10.0. The number of hydrogen-bond acceptors (Lipinski definition) is 4. The Morgan fingerprint density at radius 1 is 1.03 bits per heavy atom. The monoisotopic (exact) mass is 510 g/mol. The summed E-state index contributed by atoms with van der Waals surface area (Å²) in [6, 6.07) is 17.2. The fourth-order valence-corrected chi connectivity index (χ4v) is 4.23. The molecule has 0 aromatic heterocycles. The first kappa shape index (κ1) is 24.8. The highest BCUT2D eigenvalue weighted by Crippen LogP contribution is 2.36. The molecular formula is C27H31BrN2O3. The maximum atomic E-state index is 12.6. The molecule has 0 saturated heterocycles. The van der Waals surface area contributed by atoms with Crippen LogP contribution in [0.3, 0.4) is 0 Å². The van der Waals surface area contributed by atoms with Crippen molar-refractivity contribution in [1.29, 1.82) is 0 Å². The molecule has 33 heavy (non-hydrogen) atoms. The Balaban J connectivity index is 1.60. The van der Waals surface area contributed by atoms with Crippen molar-refractivity contribution < 1.29 is 14.3 Å². The lowest BCUT2D eigenvalue weighted by Gasteiger charge is -2.13. The molecule has 0 heterocycles. The number of hydrazone groups is 1. The predicted octanol–water partition coefficient (Wildman–Crippen LogP) is 7.11. The molecule has 0 saturated carbocycles. The van der Waals surface area contributed by atoms with Crippen molar-refractivity contribution in [1.82, 2.24) is 5.43 Å². The molecular weight excluding hydrogens is 480 g/mol. The van der Waals surface area contributed by atoms with Crippen molar-refractivity contribution in [3.05, 3.63) is 70.2 Å². The second-order valence-corrected chi connectivity index (χ2v) is 8.73. The van der Waals surface area contributed by atoms with E-state index in [0.29, 0.717) is 23.7 Å². The first-order chi connectivity index (χ1) is 16.1. The van der Waals surface area contributed by atoms with Crippen LogP contribution in [0.4, 0.5) is 0 Å². The molecule has 3 rings (SSSR count). The number of methoxy groups -OCH3 is 1. The minimum atomic E-state index is -0.257. The molecule has 0 atom stereocenters. The van der Waals surface area contributed by atoms with Crippen LogP contribution in [0.15, 0.2) is 64.2 Å². The fraction of sp³-hybridized carbons (Fsp3) is 0.333. The maximum Gasteiger partial charge on any atom is 0.271 e. The molecule has 0 radical (unpaired) electrons. The summed E-state index contributed by atoms with van der Waals surface area (Å²) in [6.07, 6.45) is 8.86. The lowest BCUT2D eigenvalue weighted by Crippen LogP contribution is -2.17. The normalized spacial score (nSPS) is 11.1. The average Bonchev–Trinajstić information content (AvgIpc) is 2.83. The third kappa shape index (κ3) is 7.06. The topological polar surface area (TPSA) is 59.9 Å². The molecule has 0 spiro atoms. The van der Waals surface area contributed by atoms with Crippen LogP contribution < -0.4 is 14.9 Å². The number of unbranched alkanes of at least 4 members (excludes halogenated alkanes) is 5. The Kier molecular flexibility index (Phi) is 9.76. The SMILES string of the molecule is CCCCCCCCOc1c(Br)cc(/C=N/NC(=O)c2cccc3ccccc23)cc1OC. The first-order valence-corrected chi connectivity index (χ1v) is 12.2. The van der Waals surface area contributed by atoms with Crippen molar-refractivity contribution in [3.63, 3.8) is 0 Å². The van der Waals surface area contributed by atoms with Crippen molar-refractivity contribution in [2.75, 3.05) is 13.7 Å². The van der Waals surface area contributed by atoms with E-state index in [0.717, 1.165) is 27.2 Å². The van der Waals surface area contributed by atoms with Gasteiger partial charge in [-0.25, -0.2) is 5.43 Å². The number of nitrogens with zero attached hydrogens (tertiary/aromatic N) is 1. The molecule has 0 fully saturated rings. The molecule has 0 unspecified atom stereocenters. The highest BCUT2D eigenvalue weighted by Gasteiger charge is 2.12. The molecule has 1 N–H and O–H groups in total.